The van der Waals surface area contributed by atoms with Crippen molar-refractivity contribution in [3.05, 3.63) is 58.1 Å². The Morgan fingerprint density at radius 2 is 1.74 bits per heavy atom. The van der Waals surface area contributed by atoms with Gasteiger partial charge >= 0.3 is 0 Å². The highest BCUT2D eigenvalue weighted by Gasteiger charge is 2.16. The molecule has 0 fully saturated rings. The molecule has 0 saturated heterocycles. The van der Waals surface area contributed by atoms with Gasteiger partial charge in [-0.05, 0) is 36.4 Å². The summed E-state index contributed by atoms with van der Waals surface area (Å²) in [5.41, 5.74) is 0.381. The molecule has 2 aromatic rings. The van der Waals surface area contributed by atoms with Gasteiger partial charge in [0, 0.05) is 7.05 Å². The van der Waals surface area contributed by atoms with E-state index >= 15 is 0 Å². The number of hydrogen-bond donors (Lipinski definition) is 0. The monoisotopic (exact) mass is 353 g/mol. The van der Waals surface area contributed by atoms with Gasteiger partial charge in [0.1, 0.15) is 18.1 Å². The lowest BCUT2D eigenvalue weighted by Crippen LogP contribution is -2.31. The highest BCUT2D eigenvalue weighted by Crippen LogP contribution is 2.26. The Kier molecular flexibility index (Phi) is 6.13. The van der Waals surface area contributed by atoms with Crippen molar-refractivity contribution < 1.29 is 14.3 Å². The number of carbonyl (C=O) groups is 1. The maximum absolute atomic E-state index is 12.4. The van der Waals surface area contributed by atoms with Crippen LogP contribution in [0.2, 0.25) is 10.0 Å². The van der Waals surface area contributed by atoms with Gasteiger partial charge in [-0.15, -0.1) is 0 Å². The van der Waals surface area contributed by atoms with E-state index in [1.807, 2.05) is 24.3 Å². The maximum Gasteiger partial charge on any atom is 0.255 e. The summed E-state index contributed by atoms with van der Waals surface area (Å²) in [7, 11) is 3.30. The number of rotatable bonds is 6. The Morgan fingerprint density at radius 3 is 2.39 bits per heavy atom. The van der Waals surface area contributed by atoms with Crippen molar-refractivity contribution in [3.63, 3.8) is 0 Å². The second-order valence-corrected chi connectivity index (χ2v) is 5.64. The minimum absolute atomic E-state index is 0.198. The van der Waals surface area contributed by atoms with Crippen molar-refractivity contribution in [3.8, 4) is 11.5 Å². The molecule has 0 bridgehead atoms. The third kappa shape index (κ3) is 4.53. The van der Waals surface area contributed by atoms with Crippen LogP contribution < -0.4 is 9.47 Å². The molecule has 0 aliphatic carbocycles. The SMILES string of the molecule is COc1ccc(OCCN(C)C(=O)c2cccc(Cl)c2Cl)cc1. The zero-order chi connectivity index (χ0) is 16.8. The van der Waals surface area contributed by atoms with E-state index in [2.05, 4.69) is 0 Å². The zero-order valence-electron chi connectivity index (χ0n) is 12.9. The van der Waals surface area contributed by atoms with Crippen LogP contribution in [0.1, 0.15) is 10.4 Å². The number of halogens is 2. The van der Waals surface area contributed by atoms with Crippen molar-refractivity contribution in [2.24, 2.45) is 0 Å². The number of carbonyl (C=O) groups excluding carboxylic acids is 1. The highest BCUT2D eigenvalue weighted by atomic mass is 35.5. The van der Waals surface area contributed by atoms with E-state index in [1.165, 1.54) is 0 Å². The van der Waals surface area contributed by atoms with Crippen molar-refractivity contribution in [1.29, 1.82) is 0 Å². The van der Waals surface area contributed by atoms with Crippen molar-refractivity contribution in [2.45, 2.75) is 0 Å². The number of methoxy groups -OCH3 is 1. The molecule has 0 atom stereocenters. The van der Waals surface area contributed by atoms with Crippen LogP contribution in [0.3, 0.4) is 0 Å². The van der Waals surface area contributed by atoms with Gasteiger partial charge in [0.15, 0.2) is 0 Å². The van der Waals surface area contributed by atoms with E-state index in [9.17, 15) is 4.79 Å². The summed E-state index contributed by atoms with van der Waals surface area (Å²) >= 11 is 12.0. The Bertz CT molecular complexity index is 674. The molecule has 0 unspecified atom stereocenters. The normalized spacial score (nSPS) is 10.3. The van der Waals surface area contributed by atoms with E-state index in [-0.39, 0.29) is 10.9 Å². The Hall–Kier alpha value is -1.91. The summed E-state index contributed by atoms with van der Waals surface area (Å²) in [6.45, 7) is 0.792. The second kappa shape index (κ2) is 8.09. The summed E-state index contributed by atoms with van der Waals surface area (Å²) in [5, 5.41) is 0.627. The van der Waals surface area contributed by atoms with Crippen LogP contribution in [0.25, 0.3) is 0 Å². The van der Waals surface area contributed by atoms with Gasteiger partial charge in [-0.1, -0.05) is 29.3 Å². The number of nitrogens with zero attached hydrogens (tertiary/aromatic N) is 1. The summed E-state index contributed by atoms with van der Waals surface area (Å²) in [6, 6.07) is 12.3. The molecule has 122 valence electrons. The standard InChI is InChI=1S/C17H17Cl2NO3/c1-20(17(21)14-4-3-5-15(18)16(14)19)10-11-23-13-8-6-12(22-2)7-9-13/h3-9H,10-11H2,1-2H3. The zero-order valence-corrected chi connectivity index (χ0v) is 14.4. The molecule has 0 heterocycles. The molecule has 0 N–H and O–H groups in total. The fourth-order valence-electron chi connectivity index (χ4n) is 1.95. The summed E-state index contributed by atoms with van der Waals surface area (Å²) in [5.74, 6) is 1.28. The van der Waals surface area contributed by atoms with Crippen molar-refractivity contribution in [2.75, 3.05) is 27.3 Å². The van der Waals surface area contributed by atoms with E-state index < -0.39 is 0 Å². The lowest BCUT2D eigenvalue weighted by atomic mass is 10.2. The van der Waals surface area contributed by atoms with Gasteiger partial charge < -0.3 is 14.4 Å². The Balaban J connectivity index is 1.89. The maximum atomic E-state index is 12.4. The molecule has 4 nitrogen and oxygen atoms in total. The van der Waals surface area contributed by atoms with Crippen LogP contribution in [0.4, 0.5) is 0 Å². The molecule has 0 aliphatic heterocycles. The van der Waals surface area contributed by atoms with Gasteiger partial charge in [0.25, 0.3) is 5.91 Å². The summed E-state index contributed by atoms with van der Waals surface area (Å²) < 4.78 is 10.7. The van der Waals surface area contributed by atoms with Gasteiger partial charge in [-0.3, -0.25) is 4.79 Å². The first-order valence-corrected chi connectivity index (χ1v) is 7.75. The predicted molar refractivity (Wildman–Crippen MR) is 91.9 cm³/mol. The number of likely N-dealkylation sites (N-methyl/N-ethyl adjacent to an activating group) is 1. The molecule has 0 spiro atoms. The van der Waals surface area contributed by atoms with Gasteiger partial charge in [0.05, 0.1) is 29.3 Å². The smallest absolute Gasteiger partial charge is 0.255 e. The molecule has 1 amide bonds. The molecule has 0 aliphatic rings. The van der Waals surface area contributed by atoms with Gasteiger partial charge in [-0.2, -0.15) is 0 Å². The van der Waals surface area contributed by atoms with Crippen LogP contribution in [-0.2, 0) is 0 Å². The fourth-order valence-corrected chi connectivity index (χ4v) is 2.33. The molecule has 2 aromatic carbocycles. The number of ether oxygens (including phenoxy) is 2. The third-order valence-electron chi connectivity index (χ3n) is 3.28. The molecule has 6 heteroatoms. The molecule has 0 radical (unpaired) electrons. The fraction of sp³-hybridized carbons (Fsp3) is 0.235. The summed E-state index contributed by atoms with van der Waals surface area (Å²) in [6.07, 6.45) is 0. The minimum atomic E-state index is -0.198. The first kappa shape index (κ1) is 17.4. The second-order valence-electron chi connectivity index (χ2n) is 4.85. The van der Waals surface area contributed by atoms with Crippen LogP contribution in [-0.4, -0.2) is 38.1 Å². The molecule has 2 rings (SSSR count). The highest BCUT2D eigenvalue weighted by molar-refractivity contribution is 6.43. The van der Waals surface area contributed by atoms with E-state index in [1.54, 1.807) is 37.3 Å². The average Bonchev–Trinajstić information content (AvgIpc) is 2.57. The van der Waals surface area contributed by atoms with Crippen LogP contribution >= 0.6 is 23.2 Å². The Morgan fingerprint density at radius 1 is 1.09 bits per heavy atom. The topological polar surface area (TPSA) is 38.8 Å². The number of hydrogen-bond acceptors (Lipinski definition) is 3. The summed E-state index contributed by atoms with van der Waals surface area (Å²) in [4.78, 5) is 13.9. The van der Waals surface area contributed by atoms with Crippen LogP contribution in [0.15, 0.2) is 42.5 Å². The first-order valence-electron chi connectivity index (χ1n) is 6.99. The van der Waals surface area contributed by atoms with Crippen LogP contribution in [0.5, 0.6) is 11.5 Å². The van der Waals surface area contributed by atoms with Gasteiger partial charge in [-0.25, -0.2) is 0 Å². The van der Waals surface area contributed by atoms with Crippen LogP contribution in [0, 0.1) is 0 Å². The molecular weight excluding hydrogens is 337 g/mol. The van der Waals surface area contributed by atoms with Crippen molar-refractivity contribution in [1.82, 2.24) is 4.90 Å². The molecule has 0 saturated carbocycles. The predicted octanol–water partition coefficient (Wildman–Crippen LogP) is 4.15. The first-order chi connectivity index (χ1) is 11.0. The Labute approximate surface area is 145 Å². The molecule has 23 heavy (non-hydrogen) atoms. The third-order valence-corrected chi connectivity index (χ3v) is 4.10. The van der Waals surface area contributed by atoms with E-state index in [0.29, 0.717) is 29.5 Å². The molecular formula is C17H17Cl2NO3. The van der Waals surface area contributed by atoms with Crippen molar-refractivity contribution >= 4 is 29.1 Å². The quantitative estimate of drug-likeness (QED) is 0.782. The minimum Gasteiger partial charge on any atom is -0.497 e. The van der Waals surface area contributed by atoms with E-state index in [0.717, 1.165) is 5.75 Å². The lowest BCUT2D eigenvalue weighted by Gasteiger charge is -2.18. The lowest BCUT2D eigenvalue weighted by molar-refractivity contribution is 0.0774. The van der Waals surface area contributed by atoms with E-state index in [4.69, 9.17) is 32.7 Å². The van der Waals surface area contributed by atoms with Gasteiger partial charge in [0.2, 0.25) is 0 Å². The molecule has 0 aromatic heterocycles. The average molecular weight is 354 g/mol. The number of amides is 1. The largest absolute Gasteiger partial charge is 0.497 e. The number of benzene rings is 2.